The van der Waals surface area contributed by atoms with Gasteiger partial charge in [-0.25, -0.2) is 0 Å². The molecule has 1 heterocycles. The Morgan fingerprint density at radius 2 is 1.69 bits per heavy atom. The van der Waals surface area contributed by atoms with Crippen molar-refractivity contribution in [3.63, 3.8) is 0 Å². The molecule has 1 atom stereocenters. The number of anilines is 1. The number of carbonyl (C=O) groups excluding carboxylic acids is 3. The highest BCUT2D eigenvalue weighted by atomic mass is 16.3. The minimum Gasteiger partial charge on any atom is -0.459 e. The van der Waals surface area contributed by atoms with E-state index in [2.05, 4.69) is 10.6 Å². The van der Waals surface area contributed by atoms with Gasteiger partial charge in [0.05, 0.1) is 12.8 Å². The first kappa shape index (κ1) is 25.2. The molecule has 2 aromatic carbocycles. The van der Waals surface area contributed by atoms with Crippen molar-refractivity contribution >= 4 is 23.4 Å². The predicted octanol–water partition coefficient (Wildman–Crippen LogP) is 4.77. The van der Waals surface area contributed by atoms with Crippen molar-refractivity contribution in [1.29, 1.82) is 0 Å². The standard InChI is InChI=1S/C29H33N3O4/c1-19-13-15-22(16-14-19)27(29(35)31-23-9-4-5-10-23)32(24-11-6-8-20(2)21(24)3)26(33)18-30-28(34)25-12-7-17-36-25/h6-8,11-17,23,27H,4-5,9-10,18H2,1-3H3,(H,30,34)(H,31,35). The lowest BCUT2D eigenvalue weighted by Crippen LogP contribution is -2.49. The van der Waals surface area contributed by atoms with Crippen LogP contribution in [0.3, 0.4) is 0 Å². The molecule has 0 saturated heterocycles. The molecule has 1 saturated carbocycles. The quantitative estimate of drug-likeness (QED) is 0.479. The molecule has 0 bridgehead atoms. The Labute approximate surface area is 211 Å². The van der Waals surface area contributed by atoms with Gasteiger partial charge in [-0.15, -0.1) is 0 Å². The van der Waals surface area contributed by atoms with Gasteiger partial charge in [-0.1, -0.05) is 54.8 Å². The summed E-state index contributed by atoms with van der Waals surface area (Å²) in [5, 5.41) is 5.82. The molecule has 1 aliphatic rings. The summed E-state index contributed by atoms with van der Waals surface area (Å²) < 4.78 is 5.15. The summed E-state index contributed by atoms with van der Waals surface area (Å²) in [7, 11) is 0. The van der Waals surface area contributed by atoms with E-state index in [0.29, 0.717) is 11.3 Å². The highest BCUT2D eigenvalue weighted by Gasteiger charge is 2.35. The van der Waals surface area contributed by atoms with E-state index in [0.717, 1.165) is 42.4 Å². The smallest absolute Gasteiger partial charge is 0.287 e. The Kier molecular flexibility index (Phi) is 7.88. The molecule has 7 heteroatoms. The molecule has 1 unspecified atom stereocenters. The fraction of sp³-hybridized carbons (Fsp3) is 0.345. The average Bonchev–Trinajstić information content (AvgIpc) is 3.58. The molecule has 1 aromatic heterocycles. The lowest BCUT2D eigenvalue weighted by molar-refractivity contribution is -0.126. The van der Waals surface area contributed by atoms with Crippen molar-refractivity contribution < 1.29 is 18.8 Å². The van der Waals surface area contributed by atoms with Crippen LogP contribution in [0.15, 0.2) is 65.3 Å². The maximum atomic E-state index is 13.8. The molecule has 1 fully saturated rings. The molecule has 188 valence electrons. The highest BCUT2D eigenvalue weighted by molar-refractivity contribution is 6.04. The molecular formula is C29H33N3O4. The minimum absolute atomic E-state index is 0.0969. The molecule has 3 aromatic rings. The van der Waals surface area contributed by atoms with Crippen LogP contribution in [0.5, 0.6) is 0 Å². The SMILES string of the molecule is Cc1ccc(C(C(=O)NC2CCCC2)N(C(=O)CNC(=O)c2ccco2)c2cccc(C)c2C)cc1. The van der Waals surface area contributed by atoms with Crippen molar-refractivity contribution in [3.05, 3.63) is 88.9 Å². The van der Waals surface area contributed by atoms with Crippen LogP contribution >= 0.6 is 0 Å². The van der Waals surface area contributed by atoms with Crippen LogP contribution in [0.2, 0.25) is 0 Å². The van der Waals surface area contributed by atoms with Crippen LogP contribution < -0.4 is 15.5 Å². The Hall–Kier alpha value is -3.87. The zero-order valence-corrected chi connectivity index (χ0v) is 21.0. The Morgan fingerprint density at radius 3 is 2.36 bits per heavy atom. The van der Waals surface area contributed by atoms with E-state index in [9.17, 15) is 14.4 Å². The molecule has 36 heavy (non-hydrogen) atoms. The topological polar surface area (TPSA) is 91.7 Å². The van der Waals surface area contributed by atoms with E-state index >= 15 is 0 Å². The van der Waals surface area contributed by atoms with Gasteiger partial charge in [0.25, 0.3) is 5.91 Å². The number of nitrogens with zero attached hydrogens (tertiary/aromatic N) is 1. The van der Waals surface area contributed by atoms with Crippen molar-refractivity contribution in [1.82, 2.24) is 10.6 Å². The van der Waals surface area contributed by atoms with Crippen molar-refractivity contribution in [2.75, 3.05) is 11.4 Å². The first-order valence-corrected chi connectivity index (χ1v) is 12.4. The Morgan fingerprint density at radius 1 is 0.972 bits per heavy atom. The van der Waals surface area contributed by atoms with Gasteiger partial charge in [-0.2, -0.15) is 0 Å². The number of hydrogen-bond acceptors (Lipinski definition) is 4. The summed E-state index contributed by atoms with van der Waals surface area (Å²) in [5.41, 5.74) is 4.31. The summed E-state index contributed by atoms with van der Waals surface area (Å²) >= 11 is 0. The van der Waals surface area contributed by atoms with Gasteiger partial charge in [0.15, 0.2) is 5.76 Å². The number of furan rings is 1. The van der Waals surface area contributed by atoms with E-state index < -0.39 is 17.9 Å². The molecule has 0 radical (unpaired) electrons. The van der Waals surface area contributed by atoms with Gasteiger partial charge < -0.3 is 15.1 Å². The van der Waals surface area contributed by atoms with Gasteiger partial charge in [0.2, 0.25) is 11.8 Å². The molecule has 2 N–H and O–H groups in total. The van der Waals surface area contributed by atoms with Crippen LogP contribution in [0.4, 0.5) is 5.69 Å². The first-order chi connectivity index (χ1) is 17.3. The third-order valence-electron chi connectivity index (χ3n) is 6.85. The number of carbonyl (C=O) groups is 3. The second-order valence-corrected chi connectivity index (χ2v) is 9.45. The van der Waals surface area contributed by atoms with Gasteiger partial charge in [0, 0.05) is 11.7 Å². The summed E-state index contributed by atoms with van der Waals surface area (Å²) in [4.78, 5) is 41.6. The summed E-state index contributed by atoms with van der Waals surface area (Å²) in [6.45, 7) is 5.61. The van der Waals surface area contributed by atoms with Crippen LogP contribution in [0, 0.1) is 20.8 Å². The minimum atomic E-state index is -0.889. The van der Waals surface area contributed by atoms with Gasteiger partial charge in [0.1, 0.15) is 6.04 Å². The number of benzene rings is 2. The number of hydrogen-bond donors (Lipinski definition) is 2. The zero-order valence-electron chi connectivity index (χ0n) is 21.0. The fourth-order valence-corrected chi connectivity index (χ4v) is 4.67. The van der Waals surface area contributed by atoms with Gasteiger partial charge >= 0.3 is 0 Å². The third kappa shape index (κ3) is 5.67. The lowest BCUT2D eigenvalue weighted by Gasteiger charge is -2.33. The number of aryl methyl sites for hydroxylation is 2. The normalized spacial score (nSPS) is 14.3. The summed E-state index contributed by atoms with van der Waals surface area (Å²) in [5.74, 6) is -0.986. The van der Waals surface area contributed by atoms with Crippen LogP contribution in [-0.4, -0.2) is 30.3 Å². The predicted molar refractivity (Wildman–Crippen MR) is 139 cm³/mol. The number of rotatable bonds is 8. The monoisotopic (exact) mass is 487 g/mol. The molecule has 7 nitrogen and oxygen atoms in total. The van der Waals surface area contributed by atoms with E-state index in [1.807, 2.05) is 63.2 Å². The molecular weight excluding hydrogens is 454 g/mol. The maximum Gasteiger partial charge on any atom is 0.287 e. The molecule has 0 spiro atoms. The van der Waals surface area contributed by atoms with E-state index in [4.69, 9.17) is 4.42 Å². The van der Waals surface area contributed by atoms with E-state index in [1.54, 1.807) is 6.07 Å². The zero-order chi connectivity index (χ0) is 25.7. The molecule has 4 rings (SSSR count). The van der Waals surface area contributed by atoms with E-state index in [-0.39, 0.29) is 24.3 Å². The summed E-state index contributed by atoms with van der Waals surface area (Å²) in [6.07, 6.45) is 5.43. The molecule has 1 aliphatic carbocycles. The number of nitrogens with one attached hydrogen (secondary N) is 2. The first-order valence-electron chi connectivity index (χ1n) is 12.4. The van der Waals surface area contributed by atoms with Gasteiger partial charge in [-0.05, 0) is 68.5 Å². The van der Waals surface area contributed by atoms with Crippen molar-refractivity contribution in [2.24, 2.45) is 0 Å². The third-order valence-corrected chi connectivity index (χ3v) is 6.85. The second kappa shape index (κ2) is 11.2. The maximum absolute atomic E-state index is 13.8. The average molecular weight is 488 g/mol. The van der Waals surface area contributed by atoms with Crippen molar-refractivity contribution in [3.8, 4) is 0 Å². The van der Waals surface area contributed by atoms with E-state index in [1.165, 1.54) is 17.2 Å². The second-order valence-electron chi connectivity index (χ2n) is 9.45. The summed E-state index contributed by atoms with van der Waals surface area (Å²) in [6, 6.07) is 15.7. The Bertz CT molecular complexity index is 1210. The lowest BCUT2D eigenvalue weighted by atomic mass is 9.99. The fourth-order valence-electron chi connectivity index (χ4n) is 4.67. The van der Waals surface area contributed by atoms with Crippen LogP contribution in [-0.2, 0) is 9.59 Å². The largest absolute Gasteiger partial charge is 0.459 e. The Balaban J connectivity index is 1.72. The number of amides is 3. The highest BCUT2D eigenvalue weighted by Crippen LogP contribution is 2.32. The van der Waals surface area contributed by atoms with Crippen molar-refractivity contribution in [2.45, 2.75) is 58.5 Å². The van der Waals surface area contributed by atoms with Crippen LogP contribution in [0.1, 0.15) is 64.5 Å². The molecule has 0 aliphatic heterocycles. The van der Waals surface area contributed by atoms with Gasteiger partial charge in [-0.3, -0.25) is 19.3 Å². The van der Waals surface area contributed by atoms with Crippen LogP contribution in [0.25, 0.3) is 0 Å². The molecule has 3 amide bonds.